The van der Waals surface area contributed by atoms with Crippen molar-refractivity contribution in [3.63, 3.8) is 0 Å². The minimum absolute atomic E-state index is 0.313. The SMILES string of the molecule is Cn1cc(-c2ccc(Cl)cc2)c(C(O)c2cccnc2)c1-c1ccc(Cl)cc1F. The molecule has 1 unspecified atom stereocenters. The maximum atomic E-state index is 14.8. The van der Waals surface area contributed by atoms with Gasteiger partial charge in [0.1, 0.15) is 11.9 Å². The van der Waals surface area contributed by atoms with Crippen molar-refractivity contribution in [2.75, 3.05) is 0 Å². The first-order chi connectivity index (χ1) is 14.0. The molecule has 2 aromatic heterocycles. The van der Waals surface area contributed by atoms with E-state index >= 15 is 0 Å². The second kappa shape index (κ2) is 7.99. The number of benzene rings is 2. The molecule has 2 heterocycles. The Morgan fingerprint density at radius 2 is 1.72 bits per heavy atom. The van der Waals surface area contributed by atoms with Gasteiger partial charge in [0.15, 0.2) is 0 Å². The summed E-state index contributed by atoms with van der Waals surface area (Å²) < 4.78 is 16.6. The van der Waals surface area contributed by atoms with Crippen LogP contribution in [0.4, 0.5) is 4.39 Å². The van der Waals surface area contributed by atoms with E-state index in [4.69, 9.17) is 23.2 Å². The molecule has 0 bridgehead atoms. The normalized spacial score (nSPS) is 12.2. The van der Waals surface area contributed by atoms with Crippen LogP contribution in [-0.4, -0.2) is 14.7 Å². The minimum atomic E-state index is -0.999. The van der Waals surface area contributed by atoms with E-state index in [-0.39, 0.29) is 0 Å². The van der Waals surface area contributed by atoms with E-state index in [1.165, 1.54) is 6.07 Å². The van der Waals surface area contributed by atoms with Crippen LogP contribution in [0.5, 0.6) is 0 Å². The molecule has 4 rings (SSSR count). The average molecular weight is 427 g/mol. The van der Waals surface area contributed by atoms with Gasteiger partial charge in [-0.25, -0.2) is 4.39 Å². The number of pyridine rings is 1. The van der Waals surface area contributed by atoms with Crippen molar-refractivity contribution in [3.8, 4) is 22.4 Å². The number of nitrogens with zero attached hydrogens (tertiary/aromatic N) is 2. The van der Waals surface area contributed by atoms with Crippen LogP contribution in [0.15, 0.2) is 73.2 Å². The molecule has 0 fully saturated rings. The first-order valence-electron chi connectivity index (χ1n) is 8.94. The molecule has 2 aromatic carbocycles. The number of hydrogen-bond donors (Lipinski definition) is 1. The Balaban J connectivity index is 1.99. The summed E-state index contributed by atoms with van der Waals surface area (Å²) in [6, 6.07) is 15.4. The standard InChI is InChI=1S/C23H17Cl2FN2O/c1-28-13-19(14-4-6-16(24)7-5-14)21(23(29)15-3-2-10-27-12-15)22(28)18-9-8-17(25)11-20(18)26/h2-13,23,29H,1H3. The largest absolute Gasteiger partial charge is 0.383 e. The summed E-state index contributed by atoms with van der Waals surface area (Å²) >= 11 is 12.0. The zero-order valence-electron chi connectivity index (χ0n) is 15.5. The van der Waals surface area contributed by atoms with E-state index in [2.05, 4.69) is 4.98 Å². The van der Waals surface area contributed by atoms with Gasteiger partial charge in [-0.05, 0) is 42.0 Å². The molecule has 0 saturated carbocycles. The number of aryl methyl sites for hydroxylation is 1. The van der Waals surface area contributed by atoms with E-state index in [0.717, 1.165) is 11.1 Å². The fourth-order valence-corrected chi connectivity index (χ4v) is 3.79. The van der Waals surface area contributed by atoms with Crippen molar-refractivity contribution in [2.45, 2.75) is 6.10 Å². The lowest BCUT2D eigenvalue weighted by Gasteiger charge is -2.16. The lowest BCUT2D eigenvalue weighted by Crippen LogP contribution is -2.04. The van der Waals surface area contributed by atoms with Gasteiger partial charge in [0.2, 0.25) is 0 Å². The Labute approximate surface area is 178 Å². The van der Waals surface area contributed by atoms with Crippen molar-refractivity contribution in [3.05, 3.63) is 100 Å². The summed E-state index contributed by atoms with van der Waals surface area (Å²) in [6.45, 7) is 0. The Hall–Kier alpha value is -2.66. The van der Waals surface area contributed by atoms with Crippen molar-refractivity contribution in [2.24, 2.45) is 7.05 Å². The van der Waals surface area contributed by atoms with E-state index in [1.54, 1.807) is 48.8 Å². The monoisotopic (exact) mass is 426 g/mol. The molecule has 1 N–H and O–H groups in total. The van der Waals surface area contributed by atoms with Crippen LogP contribution in [0.1, 0.15) is 17.2 Å². The molecule has 1 atom stereocenters. The molecule has 0 saturated heterocycles. The van der Waals surface area contributed by atoms with Gasteiger partial charge >= 0.3 is 0 Å². The number of aliphatic hydroxyl groups excluding tert-OH is 1. The van der Waals surface area contributed by atoms with Crippen LogP contribution in [0.25, 0.3) is 22.4 Å². The molecular formula is C23H17Cl2FN2O. The first-order valence-corrected chi connectivity index (χ1v) is 9.70. The minimum Gasteiger partial charge on any atom is -0.383 e. The Bertz CT molecular complexity index is 1160. The molecule has 0 aliphatic heterocycles. The Kier molecular flexibility index (Phi) is 5.41. The fourth-order valence-electron chi connectivity index (χ4n) is 3.50. The average Bonchev–Trinajstić information content (AvgIpc) is 3.05. The fraction of sp³-hybridized carbons (Fsp3) is 0.0870. The quantitative estimate of drug-likeness (QED) is 0.416. The second-order valence-electron chi connectivity index (χ2n) is 6.74. The molecule has 0 spiro atoms. The van der Waals surface area contributed by atoms with E-state index < -0.39 is 11.9 Å². The van der Waals surface area contributed by atoms with E-state index in [0.29, 0.717) is 32.4 Å². The summed E-state index contributed by atoms with van der Waals surface area (Å²) in [5, 5.41) is 12.2. The number of rotatable bonds is 4. The maximum Gasteiger partial charge on any atom is 0.134 e. The van der Waals surface area contributed by atoms with E-state index in [1.807, 2.05) is 29.9 Å². The smallest absolute Gasteiger partial charge is 0.134 e. The third-order valence-corrected chi connectivity index (χ3v) is 5.32. The third kappa shape index (κ3) is 3.79. The highest BCUT2D eigenvalue weighted by atomic mass is 35.5. The highest BCUT2D eigenvalue weighted by Crippen LogP contribution is 2.41. The molecule has 0 radical (unpaired) electrons. The van der Waals surface area contributed by atoms with Crippen LogP contribution in [0, 0.1) is 5.82 Å². The maximum absolute atomic E-state index is 14.8. The van der Waals surface area contributed by atoms with E-state index in [9.17, 15) is 9.50 Å². The van der Waals surface area contributed by atoms with Crippen molar-refractivity contribution >= 4 is 23.2 Å². The third-order valence-electron chi connectivity index (χ3n) is 4.84. The lowest BCUT2D eigenvalue weighted by atomic mass is 9.93. The number of hydrogen-bond acceptors (Lipinski definition) is 2. The van der Waals surface area contributed by atoms with Gasteiger partial charge < -0.3 is 9.67 Å². The zero-order valence-corrected chi connectivity index (χ0v) is 17.0. The van der Waals surface area contributed by atoms with Gasteiger partial charge in [0.05, 0.1) is 5.69 Å². The van der Waals surface area contributed by atoms with Crippen molar-refractivity contribution in [1.82, 2.24) is 9.55 Å². The molecule has 0 aliphatic rings. The summed E-state index contributed by atoms with van der Waals surface area (Å²) in [5.41, 5.74) is 3.78. The van der Waals surface area contributed by atoms with Crippen LogP contribution in [0.3, 0.4) is 0 Å². The zero-order chi connectivity index (χ0) is 20.5. The predicted molar refractivity (Wildman–Crippen MR) is 115 cm³/mol. The lowest BCUT2D eigenvalue weighted by molar-refractivity contribution is 0.221. The number of halogens is 3. The van der Waals surface area contributed by atoms with Gasteiger partial charge in [-0.2, -0.15) is 0 Å². The summed E-state index contributed by atoms with van der Waals surface area (Å²) in [4.78, 5) is 4.11. The van der Waals surface area contributed by atoms with Crippen LogP contribution in [0.2, 0.25) is 10.0 Å². The molecule has 0 aliphatic carbocycles. The molecule has 4 aromatic rings. The molecule has 6 heteroatoms. The van der Waals surface area contributed by atoms with Crippen LogP contribution >= 0.6 is 23.2 Å². The van der Waals surface area contributed by atoms with Crippen molar-refractivity contribution < 1.29 is 9.50 Å². The van der Waals surface area contributed by atoms with Gasteiger partial charge in [-0.1, -0.05) is 41.4 Å². The van der Waals surface area contributed by atoms with Crippen LogP contribution in [-0.2, 0) is 7.05 Å². The molecule has 146 valence electrons. The summed E-state index contributed by atoms with van der Waals surface area (Å²) in [6.07, 6.45) is 4.12. The highest BCUT2D eigenvalue weighted by Gasteiger charge is 2.26. The molecular weight excluding hydrogens is 410 g/mol. The highest BCUT2D eigenvalue weighted by molar-refractivity contribution is 6.31. The van der Waals surface area contributed by atoms with Crippen molar-refractivity contribution in [1.29, 1.82) is 0 Å². The first kappa shape index (κ1) is 19.6. The van der Waals surface area contributed by atoms with Gasteiger partial charge in [-0.15, -0.1) is 0 Å². The topological polar surface area (TPSA) is 38.0 Å². The summed E-state index contributed by atoms with van der Waals surface area (Å²) in [5.74, 6) is -0.457. The Morgan fingerprint density at radius 1 is 1.00 bits per heavy atom. The predicted octanol–water partition coefficient (Wildman–Crippen LogP) is 6.28. The molecule has 3 nitrogen and oxygen atoms in total. The van der Waals surface area contributed by atoms with Gasteiger partial charge in [0.25, 0.3) is 0 Å². The molecule has 0 amide bonds. The summed E-state index contributed by atoms with van der Waals surface area (Å²) in [7, 11) is 1.82. The molecule has 29 heavy (non-hydrogen) atoms. The Morgan fingerprint density at radius 3 is 2.38 bits per heavy atom. The number of aromatic nitrogens is 2. The van der Waals surface area contributed by atoms with Gasteiger partial charge in [-0.3, -0.25) is 4.98 Å². The van der Waals surface area contributed by atoms with Gasteiger partial charge in [0, 0.05) is 57.9 Å². The second-order valence-corrected chi connectivity index (χ2v) is 7.61. The number of aliphatic hydroxyl groups is 1. The van der Waals surface area contributed by atoms with Crippen LogP contribution < -0.4 is 0 Å².